The third-order valence-corrected chi connectivity index (χ3v) is 6.42. The number of hydrogen-bond donors (Lipinski definition) is 3. The molecule has 0 radical (unpaired) electrons. The molecule has 2 aromatic carbocycles. The van der Waals surface area contributed by atoms with E-state index >= 15 is 0 Å². The van der Waals surface area contributed by atoms with E-state index in [9.17, 15) is 9.59 Å². The molecule has 1 amide bonds. The first-order valence-electron chi connectivity index (χ1n) is 11.6. The summed E-state index contributed by atoms with van der Waals surface area (Å²) in [5.74, 6) is 1.13. The molecule has 0 unspecified atom stereocenters. The number of aromatic amines is 2. The molecule has 7 nitrogen and oxygen atoms in total. The summed E-state index contributed by atoms with van der Waals surface area (Å²) in [6.07, 6.45) is 1.79. The van der Waals surface area contributed by atoms with Crippen molar-refractivity contribution in [1.82, 2.24) is 20.2 Å². The SMILES string of the molecule is Cc1[nH]c(-c2ccccc2Oc2ccccc2)c2cc(C(=O)NC3CCN(C)CC3)[nH]c(=O)c12. The van der Waals surface area contributed by atoms with E-state index in [-0.39, 0.29) is 23.2 Å². The molecule has 0 saturated carbocycles. The number of piperidine rings is 1. The Hall–Kier alpha value is -3.84. The van der Waals surface area contributed by atoms with Gasteiger partial charge in [-0.15, -0.1) is 0 Å². The van der Waals surface area contributed by atoms with Gasteiger partial charge in [-0.3, -0.25) is 9.59 Å². The number of H-pyrrole nitrogens is 2. The minimum atomic E-state index is -0.285. The molecule has 5 rings (SSSR count). The van der Waals surface area contributed by atoms with Gasteiger partial charge in [0.05, 0.1) is 11.1 Å². The molecule has 1 aliphatic heterocycles. The number of para-hydroxylation sites is 2. The molecule has 0 aliphatic carbocycles. The molecule has 1 saturated heterocycles. The number of fused-ring (bicyclic) bond motifs is 1. The van der Waals surface area contributed by atoms with E-state index in [1.54, 1.807) is 6.07 Å². The maximum atomic E-state index is 13.0. The van der Waals surface area contributed by atoms with E-state index in [0.717, 1.165) is 48.6 Å². The van der Waals surface area contributed by atoms with Crippen molar-refractivity contribution in [1.29, 1.82) is 0 Å². The van der Waals surface area contributed by atoms with Crippen LogP contribution in [-0.4, -0.2) is 47.0 Å². The fraction of sp³-hybridized carbons (Fsp3) is 0.259. The molecule has 0 spiro atoms. The number of ether oxygens (including phenoxy) is 1. The van der Waals surface area contributed by atoms with Gasteiger partial charge < -0.3 is 24.9 Å². The number of hydrogen-bond acceptors (Lipinski definition) is 4. The number of aromatic nitrogens is 2. The normalized spacial score (nSPS) is 14.9. The standard InChI is InChI=1S/C27H28N4O3/c1-17-24-21(16-22(30-27(24)33)26(32)29-18-12-14-31(2)15-13-18)25(28-17)20-10-6-7-11-23(20)34-19-8-4-3-5-9-19/h3-11,16,18,28H,12-15H2,1-2H3,(H,29,32)(H,30,33). The van der Waals surface area contributed by atoms with E-state index in [4.69, 9.17) is 4.74 Å². The quantitative estimate of drug-likeness (QED) is 0.414. The highest BCUT2D eigenvalue weighted by Crippen LogP contribution is 2.37. The highest BCUT2D eigenvalue weighted by Gasteiger charge is 2.22. The van der Waals surface area contributed by atoms with Crippen molar-refractivity contribution in [3.63, 3.8) is 0 Å². The minimum absolute atomic E-state index is 0.107. The van der Waals surface area contributed by atoms with E-state index < -0.39 is 0 Å². The zero-order chi connectivity index (χ0) is 23.7. The number of nitrogens with one attached hydrogen (secondary N) is 3. The molecular weight excluding hydrogens is 428 g/mol. The fourth-order valence-electron chi connectivity index (χ4n) is 4.58. The molecule has 0 bridgehead atoms. The van der Waals surface area contributed by atoms with Crippen LogP contribution in [0.3, 0.4) is 0 Å². The Bertz CT molecular complexity index is 1380. The van der Waals surface area contributed by atoms with Crippen molar-refractivity contribution in [2.75, 3.05) is 20.1 Å². The molecule has 0 atom stereocenters. The number of likely N-dealkylation sites (tertiary alicyclic amines) is 1. The summed E-state index contributed by atoms with van der Waals surface area (Å²) in [7, 11) is 2.08. The van der Waals surface area contributed by atoms with Crippen molar-refractivity contribution < 1.29 is 9.53 Å². The van der Waals surface area contributed by atoms with Crippen LogP contribution >= 0.6 is 0 Å². The summed E-state index contributed by atoms with van der Waals surface area (Å²) >= 11 is 0. The molecule has 4 aromatic rings. The summed E-state index contributed by atoms with van der Waals surface area (Å²) in [5, 5.41) is 4.32. The lowest BCUT2D eigenvalue weighted by molar-refractivity contribution is 0.0911. The van der Waals surface area contributed by atoms with E-state index in [2.05, 4.69) is 27.2 Å². The van der Waals surface area contributed by atoms with Crippen molar-refractivity contribution in [2.24, 2.45) is 0 Å². The van der Waals surface area contributed by atoms with E-state index in [1.165, 1.54) is 0 Å². The van der Waals surface area contributed by atoms with Crippen LogP contribution < -0.4 is 15.6 Å². The topological polar surface area (TPSA) is 90.2 Å². The van der Waals surface area contributed by atoms with Crippen molar-refractivity contribution in [2.45, 2.75) is 25.8 Å². The third-order valence-electron chi connectivity index (χ3n) is 6.42. The zero-order valence-electron chi connectivity index (χ0n) is 19.4. The monoisotopic (exact) mass is 456 g/mol. The van der Waals surface area contributed by atoms with Gasteiger partial charge in [0.1, 0.15) is 17.2 Å². The predicted octanol–water partition coefficient (Wildman–Crippen LogP) is 4.45. The van der Waals surface area contributed by atoms with Crippen LogP contribution in [0.1, 0.15) is 29.0 Å². The van der Waals surface area contributed by atoms with Crippen LogP contribution in [0.15, 0.2) is 65.5 Å². The second-order valence-electron chi connectivity index (χ2n) is 8.89. The van der Waals surface area contributed by atoms with E-state index in [1.807, 2.05) is 61.5 Å². The number of benzene rings is 2. The number of carbonyl (C=O) groups excluding carboxylic acids is 1. The number of amides is 1. The highest BCUT2D eigenvalue weighted by atomic mass is 16.5. The lowest BCUT2D eigenvalue weighted by Crippen LogP contribution is -2.43. The van der Waals surface area contributed by atoms with Gasteiger partial charge in [-0.05, 0) is 70.2 Å². The van der Waals surface area contributed by atoms with E-state index in [0.29, 0.717) is 16.5 Å². The molecule has 34 heavy (non-hydrogen) atoms. The largest absolute Gasteiger partial charge is 0.457 e. The van der Waals surface area contributed by atoms with Crippen LogP contribution in [0.25, 0.3) is 22.0 Å². The van der Waals surface area contributed by atoms with Crippen LogP contribution in [-0.2, 0) is 0 Å². The first-order valence-corrected chi connectivity index (χ1v) is 11.6. The Labute approximate surface area is 197 Å². The highest BCUT2D eigenvalue weighted by molar-refractivity contribution is 6.03. The Balaban J connectivity index is 1.53. The van der Waals surface area contributed by atoms with Gasteiger partial charge in [0, 0.05) is 22.7 Å². The number of rotatable bonds is 5. The fourth-order valence-corrected chi connectivity index (χ4v) is 4.58. The zero-order valence-corrected chi connectivity index (χ0v) is 19.4. The van der Waals surface area contributed by atoms with Crippen molar-refractivity contribution in [3.05, 3.63) is 82.4 Å². The Morgan fingerprint density at radius 3 is 2.50 bits per heavy atom. The van der Waals surface area contributed by atoms with Gasteiger partial charge in [0.2, 0.25) is 0 Å². The molecule has 7 heteroatoms. The maximum absolute atomic E-state index is 13.0. The summed E-state index contributed by atoms with van der Waals surface area (Å²) in [5.41, 5.74) is 2.28. The van der Waals surface area contributed by atoms with Crippen molar-refractivity contribution in [3.8, 4) is 22.8 Å². The van der Waals surface area contributed by atoms with Gasteiger partial charge in [-0.25, -0.2) is 0 Å². The molecule has 1 fully saturated rings. The number of carbonyl (C=O) groups is 1. The molecule has 3 heterocycles. The number of nitrogens with zero attached hydrogens (tertiary/aromatic N) is 1. The molecular formula is C27H28N4O3. The van der Waals surface area contributed by atoms with Gasteiger partial charge in [0.25, 0.3) is 11.5 Å². The lowest BCUT2D eigenvalue weighted by atomic mass is 10.0. The van der Waals surface area contributed by atoms with Crippen LogP contribution in [0.4, 0.5) is 0 Å². The number of aryl methyl sites for hydroxylation is 1. The van der Waals surface area contributed by atoms with Crippen LogP contribution in [0.5, 0.6) is 11.5 Å². The Morgan fingerprint density at radius 2 is 1.74 bits per heavy atom. The predicted molar refractivity (Wildman–Crippen MR) is 134 cm³/mol. The van der Waals surface area contributed by atoms with Crippen molar-refractivity contribution >= 4 is 16.7 Å². The van der Waals surface area contributed by atoms with Gasteiger partial charge in [0.15, 0.2) is 0 Å². The summed E-state index contributed by atoms with van der Waals surface area (Å²) in [6, 6.07) is 19.1. The first-order chi connectivity index (χ1) is 16.5. The van der Waals surface area contributed by atoms with Gasteiger partial charge in [-0.2, -0.15) is 0 Å². The summed E-state index contributed by atoms with van der Waals surface area (Å²) in [6.45, 7) is 3.75. The molecule has 1 aliphatic rings. The van der Waals surface area contributed by atoms with Gasteiger partial charge >= 0.3 is 0 Å². The Morgan fingerprint density at radius 1 is 1.03 bits per heavy atom. The smallest absolute Gasteiger partial charge is 0.268 e. The van der Waals surface area contributed by atoms with Crippen LogP contribution in [0, 0.1) is 6.92 Å². The number of pyridine rings is 1. The summed E-state index contributed by atoms with van der Waals surface area (Å²) < 4.78 is 6.15. The Kier molecular flexibility index (Phi) is 5.94. The van der Waals surface area contributed by atoms with Gasteiger partial charge in [-0.1, -0.05) is 30.3 Å². The average molecular weight is 457 g/mol. The summed E-state index contributed by atoms with van der Waals surface area (Å²) in [4.78, 5) is 34.4. The minimum Gasteiger partial charge on any atom is -0.457 e. The lowest BCUT2D eigenvalue weighted by Gasteiger charge is -2.29. The second-order valence-corrected chi connectivity index (χ2v) is 8.89. The molecule has 2 aromatic heterocycles. The maximum Gasteiger partial charge on any atom is 0.268 e. The molecule has 174 valence electrons. The average Bonchev–Trinajstić information content (AvgIpc) is 3.18. The molecule has 3 N–H and O–H groups in total. The van der Waals surface area contributed by atoms with Crippen LogP contribution in [0.2, 0.25) is 0 Å². The second kappa shape index (κ2) is 9.19. The third kappa shape index (κ3) is 4.34. The first kappa shape index (κ1) is 22.0.